The van der Waals surface area contributed by atoms with Crippen LogP contribution in [0.1, 0.15) is 26.2 Å². The van der Waals surface area contributed by atoms with Crippen LogP contribution in [0.2, 0.25) is 0 Å². The molecule has 0 fully saturated rings. The molecule has 0 aliphatic carbocycles. The quantitative estimate of drug-likeness (QED) is 0.438. The van der Waals surface area contributed by atoms with Gasteiger partial charge in [0.2, 0.25) is 0 Å². The molecule has 0 N–H and O–H groups in total. The molecule has 72 valence electrons. The molecule has 1 nitrogen and oxygen atoms in total. The zero-order valence-electron chi connectivity index (χ0n) is 7.98. The third-order valence-electron chi connectivity index (χ3n) is 1.49. The van der Waals surface area contributed by atoms with Gasteiger partial charge in [-0.15, -0.1) is 0 Å². The second-order valence-electron chi connectivity index (χ2n) is 2.55. The summed E-state index contributed by atoms with van der Waals surface area (Å²) in [5, 5.41) is 0. The smallest absolute Gasteiger partial charge is 0.0977 e. The van der Waals surface area contributed by atoms with E-state index in [1.54, 1.807) is 0 Å². The summed E-state index contributed by atoms with van der Waals surface area (Å²) in [6, 6.07) is 0. The molecule has 0 bridgehead atoms. The third kappa shape index (κ3) is 10.9. The third-order valence-corrected chi connectivity index (χ3v) is 1.49. The van der Waals surface area contributed by atoms with E-state index in [1.807, 2.05) is 0 Å². The molecule has 0 unspecified atom stereocenters. The van der Waals surface area contributed by atoms with Gasteiger partial charge in [0.25, 0.3) is 0 Å². The van der Waals surface area contributed by atoms with Crippen LogP contribution < -0.4 is 12.4 Å². The standard InChI is InChI=1S/C9H19N.ClH.Sn/c1-4-7-10(8-5-2)9-6-3;;/h1-2,4-9H2,3H3;1H;/p-1. The Morgan fingerprint density at radius 2 is 1.83 bits per heavy atom. The van der Waals surface area contributed by atoms with E-state index in [9.17, 15) is 0 Å². The predicted molar refractivity (Wildman–Crippen MR) is 52.4 cm³/mol. The predicted octanol–water partition coefficient (Wildman–Crippen LogP) is -1.23. The van der Waals surface area contributed by atoms with E-state index in [-0.39, 0.29) is 36.3 Å². The summed E-state index contributed by atoms with van der Waals surface area (Å²) in [6.45, 7) is 13.3. The van der Waals surface area contributed by atoms with Crippen molar-refractivity contribution in [1.29, 1.82) is 0 Å². The molecule has 0 aromatic carbocycles. The molecular formula is C9H19ClNSn-. The molecular weight excluding hydrogens is 276 g/mol. The Bertz CT molecular complexity index is 57.3. The van der Waals surface area contributed by atoms with E-state index in [0.29, 0.717) is 0 Å². The Morgan fingerprint density at radius 3 is 2.17 bits per heavy atom. The number of hydrogen-bond donors (Lipinski definition) is 0. The van der Waals surface area contributed by atoms with Crippen molar-refractivity contribution in [3.63, 3.8) is 0 Å². The van der Waals surface area contributed by atoms with Crippen molar-refractivity contribution in [3.8, 4) is 0 Å². The van der Waals surface area contributed by atoms with E-state index in [2.05, 4.69) is 25.7 Å². The molecule has 0 saturated carbocycles. The van der Waals surface area contributed by atoms with E-state index >= 15 is 0 Å². The van der Waals surface area contributed by atoms with Crippen LogP contribution in [0.15, 0.2) is 0 Å². The first-order chi connectivity index (χ1) is 4.85. The second kappa shape index (κ2) is 14.4. The van der Waals surface area contributed by atoms with Crippen molar-refractivity contribution in [2.24, 2.45) is 0 Å². The maximum Gasteiger partial charge on any atom is 0.0977 e. The number of halogens is 1. The first-order valence-electron chi connectivity index (χ1n) is 4.16. The van der Waals surface area contributed by atoms with E-state index in [1.165, 1.54) is 13.0 Å². The topological polar surface area (TPSA) is 3.24 Å². The average Bonchev–Trinajstić information content (AvgIpc) is 1.90. The molecule has 4 radical (unpaired) electrons. The molecule has 0 aliphatic rings. The molecule has 0 heterocycles. The minimum atomic E-state index is 0. The molecule has 0 aromatic rings. The monoisotopic (exact) mass is 296 g/mol. The van der Waals surface area contributed by atoms with Gasteiger partial charge in [-0.25, -0.2) is 0 Å². The van der Waals surface area contributed by atoms with Crippen molar-refractivity contribution in [2.45, 2.75) is 26.2 Å². The number of nitrogens with zero attached hydrogens (tertiary/aromatic N) is 1. The van der Waals surface area contributed by atoms with Crippen LogP contribution in [-0.4, -0.2) is 48.4 Å². The maximum absolute atomic E-state index is 3.83. The van der Waals surface area contributed by atoms with Crippen molar-refractivity contribution in [3.05, 3.63) is 13.8 Å². The fourth-order valence-electron chi connectivity index (χ4n) is 1.10. The van der Waals surface area contributed by atoms with Gasteiger partial charge >= 0.3 is 0 Å². The van der Waals surface area contributed by atoms with E-state index in [0.717, 1.165) is 25.9 Å². The molecule has 0 atom stereocenters. The summed E-state index contributed by atoms with van der Waals surface area (Å²) < 4.78 is 0. The summed E-state index contributed by atoms with van der Waals surface area (Å²) in [5.74, 6) is 0. The van der Waals surface area contributed by atoms with Gasteiger partial charge in [0.15, 0.2) is 0 Å². The molecule has 0 aliphatic heterocycles. The molecule has 0 saturated heterocycles. The van der Waals surface area contributed by atoms with Gasteiger partial charge in [0.1, 0.15) is 0 Å². The summed E-state index contributed by atoms with van der Waals surface area (Å²) in [6.07, 6.45) is 3.26. The fraction of sp³-hybridized carbons (Fsp3) is 0.778. The second-order valence-corrected chi connectivity index (χ2v) is 2.55. The normalized spacial score (nSPS) is 8.92. The van der Waals surface area contributed by atoms with Crippen molar-refractivity contribution in [1.82, 2.24) is 4.90 Å². The van der Waals surface area contributed by atoms with Gasteiger partial charge in [-0.1, -0.05) is 6.92 Å². The Morgan fingerprint density at radius 1 is 1.25 bits per heavy atom. The van der Waals surface area contributed by atoms with Crippen LogP contribution in [0.4, 0.5) is 0 Å². The van der Waals surface area contributed by atoms with Gasteiger partial charge in [0, 0.05) is 30.5 Å². The Hall–Kier alpha value is 0.919. The van der Waals surface area contributed by atoms with Crippen LogP contribution in [0.5, 0.6) is 0 Å². The van der Waals surface area contributed by atoms with Crippen molar-refractivity contribution < 1.29 is 12.4 Å². The Labute approximate surface area is 101 Å². The molecule has 0 aromatic heterocycles. The maximum atomic E-state index is 3.83. The molecule has 0 rings (SSSR count). The summed E-state index contributed by atoms with van der Waals surface area (Å²) in [4.78, 5) is 2.42. The molecule has 12 heavy (non-hydrogen) atoms. The fourth-order valence-corrected chi connectivity index (χ4v) is 1.10. The molecule has 0 amide bonds. The zero-order valence-corrected chi connectivity index (χ0v) is 11.6. The average molecular weight is 295 g/mol. The van der Waals surface area contributed by atoms with Gasteiger partial charge in [0.05, 0.1) is 13.3 Å². The minimum absolute atomic E-state index is 0. The summed E-state index contributed by atoms with van der Waals surface area (Å²) >= 11 is 0. The number of hydrogen-bond acceptors (Lipinski definition) is 1. The van der Waals surface area contributed by atoms with Gasteiger partial charge < -0.3 is 24.2 Å². The van der Waals surface area contributed by atoms with Crippen LogP contribution in [0.25, 0.3) is 0 Å². The first-order valence-corrected chi connectivity index (χ1v) is 4.16. The summed E-state index contributed by atoms with van der Waals surface area (Å²) in [7, 11) is 0. The largest absolute Gasteiger partial charge is 1.00 e. The summed E-state index contributed by atoms with van der Waals surface area (Å²) in [5.41, 5.74) is 0. The van der Waals surface area contributed by atoms with Gasteiger partial charge in [-0.2, -0.15) is 6.42 Å². The van der Waals surface area contributed by atoms with Gasteiger partial charge in [-0.3, -0.25) is 0 Å². The van der Waals surface area contributed by atoms with Crippen LogP contribution in [-0.2, 0) is 0 Å². The SMILES string of the molecule is [CH2+]CCN(CC[CH2-])CCC.[Cl-].[Sn]. The molecule has 3 heteroatoms. The Kier molecular flexibility index (Phi) is 22.5. The van der Waals surface area contributed by atoms with Crippen molar-refractivity contribution >= 4 is 23.9 Å². The van der Waals surface area contributed by atoms with Crippen LogP contribution >= 0.6 is 0 Å². The first kappa shape index (κ1) is 18.7. The zero-order chi connectivity index (χ0) is 7.82. The Balaban J connectivity index is -0.000000405. The van der Waals surface area contributed by atoms with Crippen LogP contribution in [0, 0.1) is 13.8 Å². The van der Waals surface area contributed by atoms with E-state index < -0.39 is 0 Å². The van der Waals surface area contributed by atoms with Gasteiger partial charge in [-0.05, 0) is 19.5 Å². The minimum Gasteiger partial charge on any atom is -1.00 e. The van der Waals surface area contributed by atoms with Crippen molar-refractivity contribution in [2.75, 3.05) is 19.6 Å². The van der Waals surface area contributed by atoms with E-state index in [4.69, 9.17) is 0 Å². The van der Waals surface area contributed by atoms with Crippen LogP contribution in [0.3, 0.4) is 0 Å². The number of rotatable bonds is 6. The molecule has 0 spiro atoms.